The monoisotopic (exact) mass is 272 g/mol. The molecule has 4 nitrogen and oxygen atoms in total. The number of pyridine rings is 1. The van der Waals surface area contributed by atoms with Crippen LogP contribution in [0.1, 0.15) is 17.2 Å². The second-order valence-electron chi connectivity index (χ2n) is 4.51. The lowest BCUT2D eigenvalue weighted by Crippen LogP contribution is -2.18. The molecular weight excluding hydrogens is 252 g/mol. The van der Waals surface area contributed by atoms with Crippen LogP contribution >= 0.6 is 0 Å². The highest BCUT2D eigenvalue weighted by Crippen LogP contribution is 2.21. The quantitative estimate of drug-likeness (QED) is 0.840. The molecule has 4 heteroatoms. The van der Waals surface area contributed by atoms with Crippen molar-refractivity contribution in [3.8, 4) is 5.75 Å². The van der Waals surface area contributed by atoms with E-state index in [0.717, 1.165) is 24.3 Å². The van der Waals surface area contributed by atoms with Gasteiger partial charge in [0.2, 0.25) is 0 Å². The Hall–Kier alpha value is -1.91. The molecule has 2 rings (SSSR count). The van der Waals surface area contributed by atoms with Crippen LogP contribution in [0.2, 0.25) is 0 Å². The molecular formula is C16H20N2O2. The van der Waals surface area contributed by atoms with Crippen molar-refractivity contribution in [1.29, 1.82) is 0 Å². The number of hydrogen-bond donors (Lipinski definition) is 1. The second kappa shape index (κ2) is 7.62. The Kier molecular flexibility index (Phi) is 5.53. The highest BCUT2D eigenvalue weighted by Gasteiger charge is 2.11. The first-order valence-corrected chi connectivity index (χ1v) is 6.68. The van der Waals surface area contributed by atoms with Gasteiger partial charge in [-0.05, 0) is 41.8 Å². The van der Waals surface area contributed by atoms with Gasteiger partial charge in [0.25, 0.3) is 0 Å². The van der Waals surface area contributed by atoms with Gasteiger partial charge in [0.1, 0.15) is 11.9 Å². The molecule has 0 aliphatic rings. The Labute approximate surface area is 119 Å². The maximum atomic E-state index is 5.93. The van der Waals surface area contributed by atoms with E-state index in [1.165, 1.54) is 5.56 Å². The molecule has 2 N–H and O–H groups in total. The van der Waals surface area contributed by atoms with Gasteiger partial charge in [-0.1, -0.05) is 12.1 Å². The van der Waals surface area contributed by atoms with E-state index in [9.17, 15) is 0 Å². The number of methoxy groups -OCH3 is 1. The SMILES string of the molecule is COCCc1ccc(OC(CN)c2ccncc2)cc1. The van der Waals surface area contributed by atoms with Gasteiger partial charge in [0.05, 0.1) is 6.61 Å². The fourth-order valence-corrected chi connectivity index (χ4v) is 1.95. The van der Waals surface area contributed by atoms with Crippen LogP contribution in [0.25, 0.3) is 0 Å². The summed E-state index contributed by atoms with van der Waals surface area (Å²) in [5, 5.41) is 0. The number of ether oxygens (including phenoxy) is 2. The van der Waals surface area contributed by atoms with Crippen molar-refractivity contribution >= 4 is 0 Å². The van der Waals surface area contributed by atoms with E-state index in [1.807, 2.05) is 24.3 Å². The van der Waals surface area contributed by atoms with E-state index in [-0.39, 0.29) is 6.10 Å². The zero-order valence-electron chi connectivity index (χ0n) is 11.7. The highest BCUT2D eigenvalue weighted by atomic mass is 16.5. The van der Waals surface area contributed by atoms with Gasteiger partial charge in [0, 0.05) is 26.0 Å². The zero-order valence-corrected chi connectivity index (χ0v) is 11.7. The van der Waals surface area contributed by atoms with Crippen LogP contribution < -0.4 is 10.5 Å². The molecule has 0 amide bonds. The standard InChI is InChI=1S/C16H20N2O2/c1-19-11-8-13-2-4-15(5-3-13)20-16(12-17)14-6-9-18-10-7-14/h2-7,9-10,16H,8,11-12,17H2,1H3. The summed E-state index contributed by atoms with van der Waals surface area (Å²) in [6, 6.07) is 11.9. The number of rotatable bonds is 7. The van der Waals surface area contributed by atoms with E-state index in [1.54, 1.807) is 19.5 Å². The number of benzene rings is 1. The van der Waals surface area contributed by atoms with Crippen molar-refractivity contribution in [2.75, 3.05) is 20.3 Å². The predicted octanol–water partition coefficient (Wildman–Crippen LogP) is 2.35. The van der Waals surface area contributed by atoms with Gasteiger partial charge in [-0.2, -0.15) is 0 Å². The first kappa shape index (κ1) is 14.5. The molecule has 0 fully saturated rings. The molecule has 0 spiro atoms. The molecule has 0 bridgehead atoms. The van der Waals surface area contributed by atoms with Crippen molar-refractivity contribution in [2.45, 2.75) is 12.5 Å². The van der Waals surface area contributed by atoms with Crippen LogP contribution in [-0.4, -0.2) is 25.2 Å². The molecule has 1 unspecified atom stereocenters. The smallest absolute Gasteiger partial charge is 0.136 e. The molecule has 1 atom stereocenters. The van der Waals surface area contributed by atoms with Crippen LogP contribution in [0.4, 0.5) is 0 Å². The first-order valence-electron chi connectivity index (χ1n) is 6.68. The zero-order chi connectivity index (χ0) is 14.2. The first-order chi connectivity index (χ1) is 9.83. The molecule has 0 saturated carbocycles. The summed E-state index contributed by atoms with van der Waals surface area (Å²) < 4.78 is 11.0. The van der Waals surface area contributed by atoms with Gasteiger partial charge in [-0.3, -0.25) is 4.98 Å². The van der Waals surface area contributed by atoms with Gasteiger partial charge < -0.3 is 15.2 Å². The molecule has 20 heavy (non-hydrogen) atoms. The summed E-state index contributed by atoms with van der Waals surface area (Å²) in [6.07, 6.45) is 4.24. The van der Waals surface area contributed by atoms with E-state index in [4.69, 9.17) is 15.2 Å². The Morgan fingerprint density at radius 3 is 2.40 bits per heavy atom. The van der Waals surface area contributed by atoms with Gasteiger partial charge in [-0.25, -0.2) is 0 Å². The van der Waals surface area contributed by atoms with E-state index in [0.29, 0.717) is 6.54 Å². The molecule has 1 aromatic carbocycles. The average Bonchev–Trinajstić information content (AvgIpc) is 2.52. The Morgan fingerprint density at radius 2 is 1.80 bits per heavy atom. The van der Waals surface area contributed by atoms with Gasteiger partial charge in [-0.15, -0.1) is 0 Å². The lowest BCUT2D eigenvalue weighted by Gasteiger charge is -2.17. The highest BCUT2D eigenvalue weighted by molar-refractivity contribution is 5.28. The van der Waals surface area contributed by atoms with Crippen LogP contribution in [-0.2, 0) is 11.2 Å². The van der Waals surface area contributed by atoms with Crippen molar-refractivity contribution in [2.24, 2.45) is 5.73 Å². The normalized spacial score (nSPS) is 12.1. The molecule has 0 radical (unpaired) electrons. The molecule has 0 aliphatic heterocycles. The lowest BCUT2D eigenvalue weighted by atomic mass is 10.1. The molecule has 106 valence electrons. The van der Waals surface area contributed by atoms with Gasteiger partial charge >= 0.3 is 0 Å². The van der Waals surface area contributed by atoms with E-state index in [2.05, 4.69) is 17.1 Å². The van der Waals surface area contributed by atoms with E-state index < -0.39 is 0 Å². The third-order valence-corrected chi connectivity index (χ3v) is 3.09. The lowest BCUT2D eigenvalue weighted by molar-refractivity contribution is 0.202. The summed E-state index contributed by atoms with van der Waals surface area (Å²) >= 11 is 0. The Balaban J connectivity index is 2.01. The second-order valence-corrected chi connectivity index (χ2v) is 4.51. The van der Waals surface area contributed by atoms with Crippen LogP contribution in [0.3, 0.4) is 0 Å². The number of hydrogen-bond acceptors (Lipinski definition) is 4. The Bertz CT molecular complexity index is 500. The number of aromatic nitrogens is 1. The predicted molar refractivity (Wildman–Crippen MR) is 78.7 cm³/mol. The minimum atomic E-state index is -0.150. The molecule has 0 aliphatic carbocycles. The molecule has 0 saturated heterocycles. The average molecular weight is 272 g/mol. The fraction of sp³-hybridized carbons (Fsp3) is 0.312. The third-order valence-electron chi connectivity index (χ3n) is 3.09. The largest absolute Gasteiger partial charge is 0.484 e. The number of nitrogens with two attached hydrogens (primary N) is 1. The molecule has 2 aromatic rings. The maximum Gasteiger partial charge on any atom is 0.136 e. The van der Waals surface area contributed by atoms with Crippen molar-refractivity contribution in [1.82, 2.24) is 4.98 Å². The van der Waals surface area contributed by atoms with Crippen molar-refractivity contribution < 1.29 is 9.47 Å². The van der Waals surface area contributed by atoms with E-state index >= 15 is 0 Å². The minimum absolute atomic E-state index is 0.150. The molecule has 1 heterocycles. The summed E-state index contributed by atoms with van der Waals surface area (Å²) in [5.74, 6) is 0.818. The van der Waals surface area contributed by atoms with Crippen LogP contribution in [0, 0.1) is 0 Å². The Morgan fingerprint density at radius 1 is 1.10 bits per heavy atom. The molecule has 1 aromatic heterocycles. The van der Waals surface area contributed by atoms with Crippen LogP contribution in [0.15, 0.2) is 48.8 Å². The van der Waals surface area contributed by atoms with Crippen molar-refractivity contribution in [3.63, 3.8) is 0 Å². The number of nitrogens with zero attached hydrogens (tertiary/aromatic N) is 1. The topological polar surface area (TPSA) is 57.4 Å². The van der Waals surface area contributed by atoms with Gasteiger partial charge in [0.15, 0.2) is 0 Å². The summed E-state index contributed by atoms with van der Waals surface area (Å²) in [4.78, 5) is 4.00. The fourth-order valence-electron chi connectivity index (χ4n) is 1.95. The summed E-state index contributed by atoms with van der Waals surface area (Å²) in [5.41, 5.74) is 8.05. The summed E-state index contributed by atoms with van der Waals surface area (Å²) in [6.45, 7) is 1.15. The summed E-state index contributed by atoms with van der Waals surface area (Å²) in [7, 11) is 1.71. The third kappa shape index (κ3) is 4.05. The maximum absolute atomic E-state index is 5.93. The van der Waals surface area contributed by atoms with Crippen molar-refractivity contribution in [3.05, 3.63) is 59.9 Å². The minimum Gasteiger partial charge on any atom is -0.484 e. The van der Waals surface area contributed by atoms with Crippen LogP contribution in [0.5, 0.6) is 5.75 Å².